The second kappa shape index (κ2) is 15.4. The summed E-state index contributed by atoms with van der Waals surface area (Å²) in [5.41, 5.74) is 3.02. The van der Waals surface area contributed by atoms with Crippen molar-refractivity contribution in [2.45, 2.75) is 70.5 Å². The van der Waals surface area contributed by atoms with Crippen molar-refractivity contribution in [2.75, 3.05) is 24.2 Å². The number of halogens is 1. The fourth-order valence-electron chi connectivity index (χ4n) is 5.72. The van der Waals surface area contributed by atoms with Crippen molar-refractivity contribution in [3.63, 3.8) is 0 Å². The third-order valence-corrected chi connectivity index (χ3v) is 9.47. The van der Waals surface area contributed by atoms with Crippen LogP contribution in [0, 0.1) is 6.92 Å². The number of carbonyl (C=O) groups is 2. The summed E-state index contributed by atoms with van der Waals surface area (Å²) in [6.07, 6.45) is 5.81. The third kappa shape index (κ3) is 9.22. The van der Waals surface area contributed by atoms with Crippen LogP contribution in [0.15, 0.2) is 72.8 Å². The van der Waals surface area contributed by atoms with E-state index in [2.05, 4.69) is 5.32 Å². The average Bonchev–Trinajstić information content (AvgIpc) is 3.51. The minimum atomic E-state index is -3.64. The predicted octanol–water partition coefficient (Wildman–Crippen LogP) is 5.90. The van der Waals surface area contributed by atoms with Gasteiger partial charge in [0, 0.05) is 37.0 Å². The molecule has 0 bridgehead atoms. The van der Waals surface area contributed by atoms with E-state index < -0.39 is 16.1 Å². The molecule has 1 N–H and O–H groups in total. The molecule has 1 aliphatic carbocycles. The molecule has 4 rings (SSSR count). The molecule has 0 saturated heterocycles. The van der Waals surface area contributed by atoms with E-state index in [0.717, 1.165) is 48.6 Å². The first-order valence-corrected chi connectivity index (χ1v) is 17.3. The van der Waals surface area contributed by atoms with Gasteiger partial charge in [-0.3, -0.25) is 13.9 Å². The minimum Gasteiger partial charge on any atom is -0.497 e. The number of carbonyl (C=O) groups excluding carboxylic acids is 2. The lowest BCUT2D eigenvalue weighted by molar-refractivity contribution is -0.141. The Bertz CT molecular complexity index is 1530. The van der Waals surface area contributed by atoms with Gasteiger partial charge in [-0.15, -0.1) is 0 Å². The van der Waals surface area contributed by atoms with E-state index in [4.69, 9.17) is 16.3 Å². The number of methoxy groups -OCH3 is 1. The number of hydrogen-bond donors (Lipinski definition) is 1. The zero-order valence-electron chi connectivity index (χ0n) is 25.7. The quantitative estimate of drug-likeness (QED) is 0.237. The molecule has 44 heavy (non-hydrogen) atoms. The standard InChI is InChI=1S/C34H42ClN3O5S/c1-25-18-19-28(35)23-31(25)38(44(3,41)42)20-10-17-33(39)37(24-27-13-9-16-30(21-27)43-2)32(22-26-11-5-4-6-12-26)34(40)36-29-14-7-8-15-29/h4-6,9,11-13,16,18-19,21,23,29,32H,7-8,10,14-15,17,20,22,24H2,1-3H3,(H,36,40)/t32-/m0/s1. The Morgan fingerprint density at radius 2 is 1.70 bits per heavy atom. The zero-order valence-corrected chi connectivity index (χ0v) is 27.2. The van der Waals surface area contributed by atoms with Gasteiger partial charge in [0.1, 0.15) is 11.8 Å². The number of rotatable bonds is 14. The Kier molecular flexibility index (Phi) is 11.7. The molecule has 10 heteroatoms. The highest BCUT2D eigenvalue weighted by atomic mass is 35.5. The lowest BCUT2D eigenvalue weighted by Crippen LogP contribution is -2.52. The summed E-state index contributed by atoms with van der Waals surface area (Å²) in [6.45, 7) is 2.12. The lowest BCUT2D eigenvalue weighted by atomic mass is 10.0. The van der Waals surface area contributed by atoms with Crippen LogP contribution < -0.4 is 14.4 Å². The maximum absolute atomic E-state index is 14.1. The summed E-state index contributed by atoms with van der Waals surface area (Å²) in [5.74, 6) is 0.251. The fraction of sp³-hybridized carbons (Fsp3) is 0.412. The van der Waals surface area contributed by atoms with Crippen LogP contribution in [0.3, 0.4) is 0 Å². The summed E-state index contributed by atoms with van der Waals surface area (Å²) in [6, 6.07) is 21.6. The number of sulfonamides is 1. The molecule has 1 saturated carbocycles. The summed E-state index contributed by atoms with van der Waals surface area (Å²) < 4.78 is 32.3. The Hall–Kier alpha value is -3.56. The molecule has 0 aliphatic heterocycles. The average molecular weight is 640 g/mol. The number of nitrogens with zero attached hydrogens (tertiary/aromatic N) is 2. The Labute approximate surface area is 266 Å². The molecule has 236 valence electrons. The molecule has 1 fully saturated rings. The van der Waals surface area contributed by atoms with Crippen molar-refractivity contribution in [2.24, 2.45) is 0 Å². The maximum atomic E-state index is 14.1. The first-order chi connectivity index (χ1) is 21.0. The highest BCUT2D eigenvalue weighted by molar-refractivity contribution is 7.92. The molecule has 2 amide bonds. The van der Waals surface area contributed by atoms with Crippen molar-refractivity contribution in [1.82, 2.24) is 10.2 Å². The Balaban J connectivity index is 1.61. The predicted molar refractivity (Wildman–Crippen MR) is 175 cm³/mol. The fourth-order valence-corrected chi connectivity index (χ4v) is 6.90. The number of aryl methyl sites for hydroxylation is 1. The molecule has 1 aliphatic rings. The van der Waals surface area contributed by atoms with Gasteiger partial charge in [0.2, 0.25) is 21.8 Å². The molecule has 8 nitrogen and oxygen atoms in total. The van der Waals surface area contributed by atoms with Crippen LogP contribution in [-0.4, -0.2) is 57.1 Å². The minimum absolute atomic E-state index is 0.0532. The largest absolute Gasteiger partial charge is 0.497 e. The molecular formula is C34H42ClN3O5S. The normalized spacial score (nSPS) is 14.2. The number of anilines is 1. The molecule has 0 unspecified atom stereocenters. The van der Waals surface area contributed by atoms with Crippen LogP contribution in [0.1, 0.15) is 55.2 Å². The number of nitrogens with one attached hydrogen (secondary N) is 1. The van der Waals surface area contributed by atoms with E-state index in [1.807, 2.05) is 61.5 Å². The summed E-state index contributed by atoms with van der Waals surface area (Å²) in [7, 11) is -2.06. The van der Waals surface area contributed by atoms with E-state index in [1.165, 1.54) is 4.31 Å². The van der Waals surface area contributed by atoms with E-state index in [-0.39, 0.29) is 43.8 Å². The van der Waals surface area contributed by atoms with Gasteiger partial charge in [0.25, 0.3) is 0 Å². The summed E-state index contributed by atoms with van der Waals surface area (Å²) in [4.78, 5) is 29.6. The topological polar surface area (TPSA) is 96.0 Å². The van der Waals surface area contributed by atoms with E-state index >= 15 is 0 Å². The first kappa shape index (κ1) is 33.3. The van der Waals surface area contributed by atoms with Gasteiger partial charge in [-0.25, -0.2) is 8.42 Å². The van der Waals surface area contributed by atoms with Gasteiger partial charge in [-0.05, 0) is 67.1 Å². The van der Waals surface area contributed by atoms with E-state index in [1.54, 1.807) is 30.2 Å². The van der Waals surface area contributed by atoms with Crippen LogP contribution in [0.4, 0.5) is 5.69 Å². The monoisotopic (exact) mass is 639 g/mol. The molecule has 0 spiro atoms. The molecule has 0 heterocycles. The second-order valence-corrected chi connectivity index (χ2v) is 13.8. The van der Waals surface area contributed by atoms with Gasteiger partial charge < -0.3 is 15.0 Å². The number of amides is 2. The Morgan fingerprint density at radius 1 is 1.00 bits per heavy atom. The highest BCUT2D eigenvalue weighted by Gasteiger charge is 2.32. The van der Waals surface area contributed by atoms with Crippen molar-refractivity contribution in [1.29, 1.82) is 0 Å². The van der Waals surface area contributed by atoms with Crippen molar-refractivity contribution in [3.05, 3.63) is 94.5 Å². The number of ether oxygens (including phenoxy) is 1. The zero-order chi connectivity index (χ0) is 31.7. The Morgan fingerprint density at radius 3 is 2.39 bits per heavy atom. The maximum Gasteiger partial charge on any atom is 0.243 e. The van der Waals surface area contributed by atoms with Crippen LogP contribution in [0.2, 0.25) is 5.02 Å². The summed E-state index contributed by atoms with van der Waals surface area (Å²) >= 11 is 6.20. The van der Waals surface area contributed by atoms with Gasteiger partial charge in [-0.2, -0.15) is 0 Å². The van der Waals surface area contributed by atoms with Crippen molar-refractivity contribution >= 4 is 39.1 Å². The molecule has 3 aromatic carbocycles. The van der Waals surface area contributed by atoms with Gasteiger partial charge >= 0.3 is 0 Å². The SMILES string of the molecule is COc1cccc(CN(C(=O)CCCN(c2cc(Cl)ccc2C)S(C)(=O)=O)[C@@H](Cc2ccccc2)C(=O)NC2CCCC2)c1. The smallest absolute Gasteiger partial charge is 0.243 e. The molecule has 0 radical (unpaired) electrons. The molecular weight excluding hydrogens is 598 g/mol. The van der Waals surface area contributed by atoms with Gasteiger partial charge in [0.05, 0.1) is 19.1 Å². The van der Waals surface area contributed by atoms with E-state index in [0.29, 0.717) is 22.9 Å². The van der Waals surface area contributed by atoms with Crippen molar-refractivity contribution in [3.8, 4) is 5.75 Å². The number of hydrogen-bond acceptors (Lipinski definition) is 5. The molecule has 3 aromatic rings. The van der Waals surface area contributed by atoms with Gasteiger partial charge in [-0.1, -0.05) is 73.0 Å². The van der Waals surface area contributed by atoms with Crippen LogP contribution in [0.5, 0.6) is 5.75 Å². The lowest BCUT2D eigenvalue weighted by Gasteiger charge is -2.33. The van der Waals surface area contributed by atoms with Crippen LogP contribution >= 0.6 is 11.6 Å². The molecule has 1 atom stereocenters. The second-order valence-electron chi connectivity index (χ2n) is 11.4. The molecule has 0 aromatic heterocycles. The number of benzene rings is 3. The first-order valence-electron chi connectivity index (χ1n) is 15.1. The summed E-state index contributed by atoms with van der Waals surface area (Å²) in [5, 5.41) is 3.64. The van der Waals surface area contributed by atoms with Crippen LogP contribution in [0.25, 0.3) is 0 Å². The third-order valence-electron chi connectivity index (χ3n) is 8.05. The van der Waals surface area contributed by atoms with Gasteiger partial charge in [0.15, 0.2) is 0 Å². The van der Waals surface area contributed by atoms with E-state index in [9.17, 15) is 18.0 Å². The van der Waals surface area contributed by atoms with Crippen molar-refractivity contribution < 1.29 is 22.7 Å². The van der Waals surface area contributed by atoms with Crippen LogP contribution in [-0.2, 0) is 32.6 Å². The highest BCUT2D eigenvalue weighted by Crippen LogP contribution is 2.27.